The second-order valence-corrected chi connectivity index (χ2v) is 7.47. The standard InChI is InChI=1S/C19H26N2O3/c1-20(2)14-10-15(23-4)18-17-13(14)11-21(3)8-7-19(17)6-5-12(22)9-16(19)24-18/h5-6,10,12,16,22H,7-9,11H2,1-4H3/t12?,16-,19?/m0/s1. The van der Waals surface area contributed by atoms with E-state index in [1.807, 2.05) is 6.08 Å². The van der Waals surface area contributed by atoms with Crippen molar-refractivity contribution in [3.8, 4) is 11.5 Å². The van der Waals surface area contributed by atoms with Gasteiger partial charge in [-0.3, -0.25) is 0 Å². The van der Waals surface area contributed by atoms with Crippen LogP contribution in [0.4, 0.5) is 5.69 Å². The molecule has 0 fully saturated rings. The summed E-state index contributed by atoms with van der Waals surface area (Å²) in [4.78, 5) is 4.53. The van der Waals surface area contributed by atoms with Crippen molar-refractivity contribution in [1.82, 2.24) is 4.90 Å². The zero-order valence-corrected chi connectivity index (χ0v) is 14.9. The van der Waals surface area contributed by atoms with E-state index in [0.29, 0.717) is 6.42 Å². The van der Waals surface area contributed by atoms with Crippen LogP contribution in [-0.4, -0.2) is 57.0 Å². The number of hydrogen-bond acceptors (Lipinski definition) is 5. The molecule has 5 heteroatoms. The molecule has 0 aromatic heterocycles. The number of ether oxygens (including phenoxy) is 2. The first-order valence-corrected chi connectivity index (χ1v) is 8.60. The van der Waals surface area contributed by atoms with Crippen LogP contribution in [0.3, 0.4) is 0 Å². The number of benzene rings is 1. The summed E-state index contributed by atoms with van der Waals surface area (Å²) in [7, 11) is 8.01. The van der Waals surface area contributed by atoms with Gasteiger partial charge in [0.25, 0.3) is 0 Å². The van der Waals surface area contributed by atoms with Crippen molar-refractivity contribution >= 4 is 5.69 Å². The molecule has 0 bridgehead atoms. The normalized spacial score (nSPS) is 31.0. The molecule has 0 saturated carbocycles. The van der Waals surface area contributed by atoms with E-state index < -0.39 is 6.10 Å². The largest absolute Gasteiger partial charge is 0.493 e. The highest BCUT2D eigenvalue weighted by Crippen LogP contribution is 2.57. The van der Waals surface area contributed by atoms with Crippen molar-refractivity contribution in [3.05, 3.63) is 29.3 Å². The maximum absolute atomic E-state index is 10.1. The molecule has 3 aliphatic rings. The minimum absolute atomic E-state index is 0.0240. The first-order valence-electron chi connectivity index (χ1n) is 8.60. The van der Waals surface area contributed by atoms with Crippen molar-refractivity contribution < 1.29 is 14.6 Å². The van der Waals surface area contributed by atoms with E-state index in [2.05, 4.69) is 43.1 Å². The minimum Gasteiger partial charge on any atom is -0.493 e. The molecular formula is C19H26N2O3. The van der Waals surface area contributed by atoms with Crippen LogP contribution in [0.2, 0.25) is 0 Å². The van der Waals surface area contributed by atoms with Crippen LogP contribution in [0.25, 0.3) is 0 Å². The van der Waals surface area contributed by atoms with E-state index in [0.717, 1.165) is 31.0 Å². The Morgan fingerprint density at radius 2 is 2.21 bits per heavy atom. The lowest BCUT2D eigenvalue weighted by atomic mass is 9.69. The molecule has 1 N–H and O–H groups in total. The van der Waals surface area contributed by atoms with Crippen LogP contribution in [0.15, 0.2) is 18.2 Å². The third-order valence-corrected chi connectivity index (χ3v) is 5.74. The Kier molecular flexibility index (Phi) is 3.55. The summed E-state index contributed by atoms with van der Waals surface area (Å²) in [6.07, 6.45) is 5.31. The summed E-state index contributed by atoms with van der Waals surface area (Å²) in [6.45, 7) is 1.90. The van der Waals surface area contributed by atoms with Crippen LogP contribution < -0.4 is 14.4 Å². The van der Waals surface area contributed by atoms with Gasteiger partial charge < -0.3 is 24.4 Å². The molecule has 0 saturated heterocycles. The van der Waals surface area contributed by atoms with Gasteiger partial charge in [0.2, 0.25) is 0 Å². The van der Waals surface area contributed by atoms with Gasteiger partial charge in [0, 0.05) is 44.4 Å². The van der Waals surface area contributed by atoms with Crippen LogP contribution in [-0.2, 0) is 12.0 Å². The smallest absolute Gasteiger partial charge is 0.166 e. The molecule has 0 amide bonds. The number of aliphatic hydroxyl groups is 1. The topological polar surface area (TPSA) is 45.2 Å². The Bertz CT molecular complexity index is 700. The molecule has 1 aromatic rings. The van der Waals surface area contributed by atoms with Crippen molar-refractivity contribution in [2.45, 2.75) is 37.0 Å². The lowest BCUT2D eigenvalue weighted by molar-refractivity contribution is 0.0822. The van der Waals surface area contributed by atoms with Gasteiger partial charge in [0.15, 0.2) is 11.5 Å². The maximum Gasteiger partial charge on any atom is 0.166 e. The third kappa shape index (κ3) is 2.07. The van der Waals surface area contributed by atoms with Gasteiger partial charge in [-0.1, -0.05) is 12.2 Å². The summed E-state index contributed by atoms with van der Waals surface area (Å²) in [6, 6.07) is 2.08. The van der Waals surface area contributed by atoms with Crippen molar-refractivity contribution in [3.63, 3.8) is 0 Å². The Balaban J connectivity index is 2.02. The number of nitrogens with zero attached hydrogens (tertiary/aromatic N) is 2. The van der Waals surface area contributed by atoms with Crippen molar-refractivity contribution in [2.75, 3.05) is 39.7 Å². The van der Waals surface area contributed by atoms with E-state index in [4.69, 9.17) is 9.47 Å². The van der Waals surface area contributed by atoms with Crippen molar-refractivity contribution in [2.24, 2.45) is 0 Å². The van der Waals surface area contributed by atoms with E-state index in [1.54, 1.807) is 7.11 Å². The Morgan fingerprint density at radius 3 is 2.92 bits per heavy atom. The quantitative estimate of drug-likeness (QED) is 0.840. The second-order valence-electron chi connectivity index (χ2n) is 7.47. The van der Waals surface area contributed by atoms with E-state index in [-0.39, 0.29) is 11.5 Å². The number of anilines is 1. The van der Waals surface area contributed by atoms with Crippen LogP contribution in [0, 0.1) is 0 Å². The molecule has 0 radical (unpaired) electrons. The molecule has 24 heavy (non-hydrogen) atoms. The van der Waals surface area contributed by atoms with Gasteiger partial charge >= 0.3 is 0 Å². The highest BCUT2D eigenvalue weighted by Gasteiger charge is 2.53. The Morgan fingerprint density at radius 1 is 1.42 bits per heavy atom. The van der Waals surface area contributed by atoms with Crippen LogP contribution >= 0.6 is 0 Å². The summed E-state index contributed by atoms with van der Waals surface area (Å²) >= 11 is 0. The summed E-state index contributed by atoms with van der Waals surface area (Å²) in [5.74, 6) is 1.66. The number of aliphatic hydroxyl groups excluding tert-OH is 1. The molecule has 1 spiro atoms. The van der Waals surface area contributed by atoms with E-state index in [1.165, 1.54) is 16.8 Å². The molecular weight excluding hydrogens is 304 g/mol. The van der Waals surface area contributed by atoms with Gasteiger partial charge in [-0.25, -0.2) is 0 Å². The SMILES string of the molecule is COc1cc(N(C)C)c2c3c1O[C@H]1CC(O)C=CC31CCN(C)C2. The maximum atomic E-state index is 10.1. The fourth-order valence-electron chi connectivity index (χ4n) is 4.52. The highest BCUT2D eigenvalue weighted by molar-refractivity contribution is 5.71. The lowest BCUT2D eigenvalue weighted by Crippen LogP contribution is -2.42. The highest BCUT2D eigenvalue weighted by atomic mass is 16.5. The molecule has 2 unspecified atom stereocenters. The average molecular weight is 330 g/mol. The van der Waals surface area contributed by atoms with E-state index in [9.17, 15) is 5.11 Å². The predicted molar refractivity (Wildman–Crippen MR) is 94.1 cm³/mol. The second kappa shape index (κ2) is 5.39. The summed E-state index contributed by atoms with van der Waals surface area (Å²) in [5, 5.41) is 10.1. The van der Waals surface area contributed by atoms with Crippen LogP contribution in [0.5, 0.6) is 11.5 Å². The number of rotatable bonds is 2. The summed E-state index contributed by atoms with van der Waals surface area (Å²) < 4.78 is 12.0. The number of hydrogen-bond donors (Lipinski definition) is 1. The molecule has 3 atom stereocenters. The van der Waals surface area contributed by atoms with Gasteiger partial charge in [-0.2, -0.15) is 0 Å². The van der Waals surface area contributed by atoms with Gasteiger partial charge in [0.05, 0.1) is 18.6 Å². The van der Waals surface area contributed by atoms with Gasteiger partial charge in [-0.05, 0) is 25.6 Å². The van der Waals surface area contributed by atoms with Crippen LogP contribution in [0.1, 0.15) is 24.0 Å². The molecule has 5 nitrogen and oxygen atoms in total. The lowest BCUT2D eigenvalue weighted by Gasteiger charge is -2.36. The minimum atomic E-state index is -0.432. The average Bonchev–Trinajstić information content (AvgIpc) is 2.79. The fraction of sp³-hybridized carbons (Fsp3) is 0.579. The fourth-order valence-corrected chi connectivity index (χ4v) is 4.52. The Labute approximate surface area is 143 Å². The molecule has 2 heterocycles. The first kappa shape index (κ1) is 15.8. The number of methoxy groups -OCH3 is 1. The monoisotopic (exact) mass is 330 g/mol. The summed E-state index contributed by atoms with van der Waals surface area (Å²) in [5.41, 5.74) is 3.61. The van der Waals surface area contributed by atoms with Gasteiger partial charge in [-0.15, -0.1) is 0 Å². The molecule has 1 aliphatic carbocycles. The van der Waals surface area contributed by atoms with Crippen molar-refractivity contribution in [1.29, 1.82) is 0 Å². The third-order valence-electron chi connectivity index (χ3n) is 5.74. The molecule has 4 rings (SSSR count). The Hall–Kier alpha value is -1.72. The molecule has 2 aliphatic heterocycles. The van der Waals surface area contributed by atoms with E-state index >= 15 is 0 Å². The molecule has 130 valence electrons. The molecule has 1 aromatic carbocycles. The predicted octanol–water partition coefficient (Wildman–Crippen LogP) is 1.92. The zero-order chi connectivity index (χ0) is 17.1. The first-order chi connectivity index (χ1) is 11.5. The zero-order valence-electron chi connectivity index (χ0n) is 14.9. The van der Waals surface area contributed by atoms with Gasteiger partial charge in [0.1, 0.15) is 6.10 Å².